The van der Waals surface area contributed by atoms with E-state index in [0.717, 1.165) is 19.3 Å². The molecule has 5 heteroatoms. The summed E-state index contributed by atoms with van der Waals surface area (Å²) in [7, 11) is -3.77. The van der Waals surface area contributed by atoms with Crippen LogP contribution in [-0.2, 0) is 10.0 Å². The fourth-order valence-electron chi connectivity index (χ4n) is 2.67. The molecule has 0 spiro atoms. The number of hydrogen-bond donors (Lipinski definition) is 1. The van der Waals surface area contributed by atoms with Crippen LogP contribution < -0.4 is 4.72 Å². The highest BCUT2D eigenvalue weighted by Crippen LogP contribution is 2.30. The third-order valence-corrected chi connectivity index (χ3v) is 5.66. The van der Waals surface area contributed by atoms with Crippen molar-refractivity contribution in [3.8, 4) is 0 Å². The predicted molar refractivity (Wildman–Crippen MR) is 72.7 cm³/mol. The number of halogens is 1. The topological polar surface area (TPSA) is 46.2 Å². The van der Waals surface area contributed by atoms with Gasteiger partial charge >= 0.3 is 0 Å². The average molecular weight is 285 g/mol. The number of sulfonamides is 1. The molecule has 0 bridgehead atoms. The maximum Gasteiger partial charge on any atom is 0.243 e. The van der Waals surface area contributed by atoms with Crippen LogP contribution in [0.3, 0.4) is 0 Å². The average Bonchev–Trinajstić information content (AvgIpc) is 2.35. The van der Waals surface area contributed by atoms with E-state index < -0.39 is 15.8 Å². The minimum absolute atomic E-state index is 0.103. The largest absolute Gasteiger partial charge is 0.243 e. The summed E-state index contributed by atoms with van der Waals surface area (Å²) in [5.41, 5.74) is 0. The Hall–Kier alpha value is -0.940. The zero-order chi connectivity index (χ0) is 14.0. The minimum Gasteiger partial charge on any atom is -0.208 e. The Labute approximate surface area is 114 Å². The summed E-state index contributed by atoms with van der Waals surface area (Å²) in [6.07, 6.45) is 2.95. The zero-order valence-electron chi connectivity index (χ0n) is 11.3. The highest BCUT2D eigenvalue weighted by atomic mass is 32.2. The molecule has 0 saturated heterocycles. The molecule has 1 fully saturated rings. The van der Waals surface area contributed by atoms with E-state index in [4.69, 9.17) is 0 Å². The van der Waals surface area contributed by atoms with Gasteiger partial charge in [0.1, 0.15) is 10.7 Å². The molecule has 0 radical (unpaired) electrons. The third kappa shape index (κ3) is 3.15. The van der Waals surface area contributed by atoms with Crippen LogP contribution in [0.4, 0.5) is 4.39 Å². The van der Waals surface area contributed by atoms with E-state index >= 15 is 0 Å². The molecule has 1 aromatic rings. The molecule has 19 heavy (non-hydrogen) atoms. The van der Waals surface area contributed by atoms with Gasteiger partial charge in [-0.05, 0) is 30.4 Å². The van der Waals surface area contributed by atoms with Crippen molar-refractivity contribution in [2.45, 2.75) is 44.0 Å². The second-order valence-electron chi connectivity index (χ2n) is 5.43. The van der Waals surface area contributed by atoms with Gasteiger partial charge in [-0.3, -0.25) is 0 Å². The van der Waals surface area contributed by atoms with Crippen molar-refractivity contribution in [1.29, 1.82) is 0 Å². The lowest BCUT2D eigenvalue weighted by Gasteiger charge is -2.34. The third-order valence-electron chi connectivity index (χ3n) is 4.14. The first kappa shape index (κ1) is 14.5. The van der Waals surface area contributed by atoms with Crippen LogP contribution in [0.2, 0.25) is 0 Å². The molecule has 0 unspecified atom stereocenters. The Bertz CT molecular complexity index is 544. The maximum atomic E-state index is 13.6. The van der Waals surface area contributed by atoms with Crippen molar-refractivity contribution in [2.24, 2.45) is 11.8 Å². The second kappa shape index (κ2) is 5.59. The van der Waals surface area contributed by atoms with E-state index in [1.165, 1.54) is 24.3 Å². The highest BCUT2D eigenvalue weighted by Gasteiger charge is 2.31. The first-order chi connectivity index (χ1) is 8.92. The number of rotatable bonds is 3. The van der Waals surface area contributed by atoms with Crippen LogP contribution in [0.15, 0.2) is 29.2 Å². The monoisotopic (exact) mass is 285 g/mol. The van der Waals surface area contributed by atoms with Crippen molar-refractivity contribution < 1.29 is 12.8 Å². The van der Waals surface area contributed by atoms with Gasteiger partial charge in [0.2, 0.25) is 10.0 Å². The summed E-state index contributed by atoms with van der Waals surface area (Å²) >= 11 is 0. The first-order valence-corrected chi connectivity index (χ1v) is 8.17. The van der Waals surface area contributed by atoms with Crippen LogP contribution in [-0.4, -0.2) is 14.5 Å². The molecule has 3 nitrogen and oxygen atoms in total. The van der Waals surface area contributed by atoms with Crippen LogP contribution in [0.5, 0.6) is 0 Å². The van der Waals surface area contributed by atoms with Crippen molar-refractivity contribution >= 4 is 10.0 Å². The van der Waals surface area contributed by atoms with E-state index in [-0.39, 0.29) is 16.9 Å². The molecule has 0 heterocycles. The minimum atomic E-state index is -3.77. The number of hydrogen-bond acceptors (Lipinski definition) is 2. The van der Waals surface area contributed by atoms with Crippen molar-refractivity contribution in [3.05, 3.63) is 30.1 Å². The number of nitrogens with one attached hydrogen (secondary N) is 1. The SMILES string of the molecule is C[C@@H]1[C@H](C)CCC[C@@H]1NS(=O)(=O)c1ccccc1F. The van der Waals surface area contributed by atoms with Gasteiger partial charge < -0.3 is 0 Å². The molecule has 3 atom stereocenters. The molecular formula is C14H20FNO2S. The van der Waals surface area contributed by atoms with E-state index in [1.54, 1.807) is 0 Å². The summed E-state index contributed by atoms with van der Waals surface area (Å²) in [6, 6.07) is 5.38. The molecular weight excluding hydrogens is 265 g/mol. The quantitative estimate of drug-likeness (QED) is 0.928. The molecule has 1 saturated carbocycles. The van der Waals surface area contributed by atoms with E-state index in [9.17, 15) is 12.8 Å². The van der Waals surface area contributed by atoms with Gasteiger partial charge in [-0.25, -0.2) is 17.5 Å². The summed E-state index contributed by atoms with van der Waals surface area (Å²) in [5.74, 6) is 0.0591. The van der Waals surface area contributed by atoms with Gasteiger partial charge in [0.25, 0.3) is 0 Å². The fourth-order valence-corrected chi connectivity index (χ4v) is 4.11. The van der Waals surface area contributed by atoms with Crippen molar-refractivity contribution in [3.63, 3.8) is 0 Å². The molecule has 0 aromatic heterocycles. The lowest BCUT2D eigenvalue weighted by atomic mass is 9.78. The summed E-state index contributed by atoms with van der Waals surface area (Å²) in [6.45, 7) is 4.19. The highest BCUT2D eigenvalue weighted by molar-refractivity contribution is 7.89. The normalized spacial score (nSPS) is 28.3. The Morgan fingerprint density at radius 3 is 2.58 bits per heavy atom. The van der Waals surface area contributed by atoms with Gasteiger partial charge in [0.15, 0.2) is 0 Å². The van der Waals surface area contributed by atoms with E-state index in [2.05, 4.69) is 18.6 Å². The van der Waals surface area contributed by atoms with Crippen LogP contribution in [0, 0.1) is 17.7 Å². The molecule has 1 aliphatic carbocycles. The standard InChI is InChI=1S/C14H20FNO2S/c1-10-6-5-8-13(11(10)2)16-19(17,18)14-9-4-3-7-12(14)15/h3-4,7,9-11,13,16H,5-6,8H2,1-2H3/t10-,11-,13+/m1/s1. The molecule has 106 valence electrons. The smallest absolute Gasteiger partial charge is 0.208 e. The predicted octanol–water partition coefficient (Wildman–Crippen LogP) is 2.93. The Kier molecular flexibility index (Phi) is 4.26. The van der Waals surface area contributed by atoms with Gasteiger partial charge in [0.05, 0.1) is 0 Å². The van der Waals surface area contributed by atoms with E-state index in [1.807, 2.05) is 0 Å². The Morgan fingerprint density at radius 1 is 1.21 bits per heavy atom. The lowest BCUT2D eigenvalue weighted by Crippen LogP contribution is -2.43. The summed E-state index contributed by atoms with van der Waals surface area (Å²) < 4.78 is 40.7. The van der Waals surface area contributed by atoms with Gasteiger partial charge in [-0.1, -0.05) is 38.8 Å². The van der Waals surface area contributed by atoms with Gasteiger partial charge in [0, 0.05) is 6.04 Å². The number of benzene rings is 1. The lowest BCUT2D eigenvalue weighted by molar-refractivity contribution is 0.227. The molecule has 1 aromatic carbocycles. The van der Waals surface area contributed by atoms with Gasteiger partial charge in [-0.2, -0.15) is 0 Å². The zero-order valence-corrected chi connectivity index (χ0v) is 12.1. The molecule has 1 N–H and O–H groups in total. The molecule has 1 aliphatic rings. The molecule has 2 rings (SSSR count). The van der Waals surface area contributed by atoms with Crippen molar-refractivity contribution in [2.75, 3.05) is 0 Å². The first-order valence-electron chi connectivity index (χ1n) is 6.68. The van der Waals surface area contributed by atoms with Gasteiger partial charge in [-0.15, -0.1) is 0 Å². The van der Waals surface area contributed by atoms with Crippen LogP contribution in [0.25, 0.3) is 0 Å². The summed E-state index contributed by atoms with van der Waals surface area (Å²) in [5, 5.41) is 0. The van der Waals surface area contributed by atoms with Crippen LogP contribution in [0.1, 0.15) is 33.1 Å². The van der Waals surface area contributed by atoms with Crippen LogP contribution >= 0.6 is 0 Å². The Balaban J connectivity index is 2.20. The van der Waals surface area contributed by atoms with Crippen molar-refractivity contribution in [1.82, 2.24) is 4.72 Å². The maximum absolute atomic E-state index is 13.6. The Morgan fingerprint density at radius 2 is 1.89 bits per heavy atom. The molecule has 0 aliphatic heterocycles. The molecule has 0 amide bonds. The van der Waals surface area contributed by atoms with E-state index in [0.29, 0.717) is 5.92 Å². The second-order valence-corrected chi connectivity index (χ2v) is 7.11. The summed E-state index contributed by atoms with van der Waals surface area (Å²) in [4.78, 5) is -0.263. The fraction of sp³-hybridized carbons (Fsp3) is 0.571.